The van der Waals surface area contributed by atoms with E-state index in [9.17, 15) is 0 Å². The van der Waals surface area contributed by atoms with Crippen LogP contribution in [-0.2, 0) is 26.6 Å². The zero-order valence-corrected chi connectivity index (χ0v) is 20.7. The summed E-state index contributed by atoms with van der Waals surface area (Å²) < 4.78 is 1.96. The van der Waals surface area contributed by atoms with Crippen LogP contribution in [0, 0.1) is 6.92 Å². The largest absolute Gasteiger partial charge is 0.356 e. The van der Waals surface area contributed by atoms with Crippen LogP contribution in [0.1, 0.15) is 22.1 Å². The number of aryl methyl sites for hydroxylation is 1. The van der Waals surface area contributed by atoms with Crippen LogP contribution in [-0.4, -0.2) is 39.2 Å². The SMILES string of the molecule is Cc1nnc(CN=C(NCCc2cccs2)N(C)Cc2ccccc2Cl)n1C.I. The molecule has 2 heterocycles. The second-order valence-electron chi connectivity index (χ2n) is 6.57. The molecule has 156 valence electrons. The second-order valence-corrected chi connectivity index (χ2v) is 8.01. The van der Waals surface area contributed by atoms with Gasteiger partial charge in [-0.3, -0.25) is 0 Å². The topological polar surface area (TPSA) is 58.3 Å². The summed E-state index contributed by atoms with van der Waals surface area (Å²) >= 11 is 8.10. The lowest BCUT2D eigenvalue weighted by Crippen LogP contribution is -2.39. The highest BCUT2D eigenvalue weighted by atomic mass is 127. The lowest BCUT2D eigenvalue weighted by atomic mass is 10.2. The first-order chi connectivity index (χ1) is 13.5. The fraction of sp³-hybridized carbons (Fsp3) is 0.350. The molecule has 29 heavy (non-hydrogen) atoms. The average Bonchev–Trinajstić information content (AvgIpc) is 3.31. The smallest absolute Gasteiger partial charge is 0.194 e. The Kier molecular flexibility index (Phi) is 9.38. The molecule has 0 radical (unpaired) electrons. The third kappa shape index (κ3) is 6.68. The van der Waals surface area contributed by atoms with Crippen LogP contribution in [0.15, 0.2) is 46.8 Å². The molecule has 0 aliphatic rings. The molecule has 1 aromatic carbocycles. The lowest BCUT2D eigenvalue weighted by molar-refractivity contribution is 0.474. The van der Waals surface area contributed by atoms with E-state index in [1.807, 2.05) is 49.9 Å². The minimum Gasteiger partial charge on any atom is -0.356 e. The molecule has 0 spiro atoms. The minimum atomic E-state index is 0. The Morgan fingerprint density at radius 2 is 2.03 bits per heavy atom. The van der Waals surface area contributed by atoms with E-state index in [4.69, 9.17) is 16.6 Å². The number of halogens is 2. The van der Waals surface area contributed by atoms with Crippen molar-refractivity contribution < 1.29 is 0 Å². The predicted octanol–water partition coefficient (Wildman–Crippen LogP) is 4.28. The Bertz CT molecular complexity index is 925. The van der Waals surface area contributed by atoms with Crippen molar-refractivity contribution in [1.29, 1.82) is 0 Å². The molecule has 0 fully saturated rings. The van der Waals surface area contributed by atoms with Crippen molar-refractivity contribution in [2.75, 3.05) is 13.6 Å². The Balaban J connectivity index is 0.00000300. The summed E-state index contributed by atoms with van der Waals surface area (Å²) in [4.78, 5) is 8.21. The number of benzene rings is 1. The Labute approximate surface area is 198 Å². The predicted molar refractivity (Wildman–Crippen MR) is 131 cm³/mol. The van der Waals surface area contributed by atoms with Gasteiger partial charge < -0.3 is 14.8 Å². The molecule has 0 bridgehead atoms. The maximum absolute atomic E-state index is 6.33. The Hall–Kier alpha value is -1.65. The van der Waals surface area contributed by atoms with Gasteiger partial charge in [-0.25, -0.2) is 4.99 Å². The highest BCUT2D eigenvalue weighted by Gasteiger charge is 2.11. The summed E-state index contributed by atoms with van der Waals surface area (Å²) in [6.07, 6.45) is 0.958. The molecule has 0 amide bonds. The first kappa shape index (κ1) is 23.6. The summed E-state index contributed by atoms with van der Waals surface area (Å²) in [5.74, 6) is 2.53. The van der Waals surface area contributed by atoms with E-state index in [-0.39, 0.29) is 24.0 Å². The fourth-order valence-electron chi connectivity index (χ4n) is 2.76. The van der Waals surface area contributed by atoms with Gasteiger partial charge in [0.25, 0.3) is 0 Å². The van der Waals surface area contributed by atoms with E-state index in [2.05, 4.69) is 37.9 Å². The normalized spacial score (nSPS) is 11.2. The van der Waals surface area contributed by atoms with Crippen molar-refractivity contribution in [2.45, 2.75) is 26.4 Å². The molecule has 0 saturated carbocycles. The van der Waals surface area contributed by atoms with E-state index >= 15 is 0 Å². The van der Waals surface area contributed by atoms with Gasteiger partial charge in [0.1, 0.15) is 12.4 Å². The van der Waals surface area contributed by atoms with Crippen LogP contribution in [0.2, 0.25) is 5.02 Å². The van der Waals surface area contributed by atoms with Crippen molar-refractivity contribution >= 4 is 52.9 Å². The van der Waals surface area contributed by atoms with Gasteiger partial charge in [0.15, 0.2) is 11.8 Å². The van der Waals surface area contributed by atoms with Crippen molar-refractivity contribution in [2.24, 2.45) is 12.0 Å². The standard InChI is InChI=1S/C20H25ClN6S.HI/c1-15-24-25-19(27(15)3)13-23-20(22-11-10-17-8-6-12-28-17)26(2)14-16-7-4-5-9-18(16)21;/h4-9,12H,10-11,13-14H2,1-3H3,(H,22,23);1H. The molecule has 0 atom stereocenters. The summed E-state index contributed by atoms with van der Waals surface area (Å²) in [5.41, 5.74) is 1.06. The highest BCUT2D eigenvalue weighted by molar-refractivity contribution is 14.0. The zero-order valence-electron chi connectivity index (χ0n) is 16.8. The fourth-order valence-corrected chi connectivity index (χ4v) is 3.66. The molecule has 6 nitrogen and oxygen atoms in total. The summed E-state index contributed by atoms with van der Waals surface area (Å²) in [6, 6.07) is 12.1. The van der Waals surface area contributed by atoms with Crippen LogP contribution in [0.4, 0.5) is 0 Å². The highest BCUT2D eigenvalue weighted by Crippen LogP contribution is 2.16. The number of hydrogen-bond acceptors (Lipinski definition) is 4. The molecule has 0 saturated heterocycles. The molecule has 0 aliphatic carbocycles. The summed E-state index contributed by atoms with van der Waals surface area (Å²) in [6.45, 7) is 3.88. The molecule has 0 aliphatic heterocycles. The maximum atomic E-state index is 6.33. The molecule has 3 aromatic rings. The number of guanidine groups is 1. The van der Waals surface area contributed by atoms with Crippen molar-refractivity contribution in [3.63, 3.8) is 0 Å². The maximum Gasteiger partial charge on any atom is 0.194 e. The van der Waals surface area contributed by atoms with Crippen molar-refractivity contribution in [3.05, 3.63) is 68.9 Å². The zero-order chi connectivity index (χ0) is 19.9. The van der Waals surface area contributed by atoms with Gasteiger partial charge in [0, 0.05) is 37.1 Å². The third-order valence-corrected chi connectivity index (χ3v) is 5.82. The van der Waals surface area contributed by atoms with E-state index in [0.29, 0.717) is 13.1 Å². The lowest BCUT2D eigenvalue weighted by Gasteiger charge is -2.23. The molecule has 1 N–H and O–H groups in total. The summed E-state index contributed by atoms with van der Waals surface area (Å²) in [7, 11) is 3.97. The minimum absolute atomic E-state index is 0. The Morgan fingerprint density at radius 3 is 2.69 bits per heavy atom. The van der Waals surface area contributed by atoms with Crippen molar-refractivity contribution in [3.8, 4) is 0 Å². The van der Waals surface area contributed by atoms with Crippen LogP contribution in [0.3, 0.4) is 0 Å². The quantitative estimate of drug-likeness (QED) is 0.274. The first-order valence-electron chi connectivity index (χ1n) is 9.14. The van der Waals surface area contributed by atoms with Crippen LogP contribution in [0.5, 0.6) is 0 Å². The number of nitrogens with one attached hydrogen (secondary N) is 1. The van der Waals surface area contributed by atoms with Gasteiger partial charge in [-0.2, -0.15) is 0 Å². The van der Waals surface area contributed by atoms with Crippen LogP contribution in [0.25, 0.3) is 0 Å². The van der Waals surface area contributed by atoms with E-state index in [0.717, 1.165) is 41.2 Å². The number of hydrogen-bond donors (Lipinski definition) is 1. The van der Waals surface area contributed by atoms with E-state index < -0.39 is 0 Å². The number of rotatable bonds is 7. The molecule has 2 aromatic heterocycles. The molecular weight excluding hydrogens is 519 g/mol. The first-order valence-corrected chi connectivity index (χ1v) is 10.4. The molecule has 9 heteroatoms. The van der Waals surface area contributed by atoms with Gasteiger partial charge >= 0.3 is 0 Å². The number of thiophene rings is 1. The van der Waals surface area contributed by atoms with Crippen LogP contribution >= 0.6 is 46.9 Å². The van der Waals surface area contributed by atoms with Gasteiger partial charge in [0.05, 0.1) is 0 Å². The van der Waals surface area contributed by atoms with Gasteiger partial charge in [-0.15, -0.1) is 45.5 Å². The van der Waals surface area contributed by atoms with E-state index in [1.54, 1.807) is 11.3 Å². The van der Waals surface area contributed by atoms with Gasteiger partial charge in [0.2, 0.25) is 0 Å². The molecule has 3 rings (SSSR count). The monoisotopic (exact) mass is 544 g/mol. The average molecular weight is 545 g/mol. The number of nitrogens with zero attached hydrogens (tertiary/aromatic N) is 5. The van der Waals surface area contributed by atoms with Gasteiger partial charge in [-0.05, 0) is 36.4 Å². The number of aliphatic imine (C=N–C) groups is 1. The molecular formula is C20H26ClIN6S. The van der Waals surface area contributed by atoms with E-state index in [1.165, 1.54) is 4.88 Å². The van der Waals surface area contributed by atoms with Crippen molar-refractivity contribution in [1.82, 2.24) is 25.0 Å². The number of aromatic nitrogens is 3. The molecule has 0 unspecified atom stereocenters. The summed E-state index contributed by atoms with van der Waals surface area (Å²) in [5, 5.41) is 14.7. The third-order valence-electron chi connectivity index (χ3n) is 4.51. The van der Waals surface area contributed by atoms with Crippen LogP contribution < -0.4 is 5.32 Å². The Morgan fingerprint density at radius 1 is 1.24 bits per heavy atom. The second kappa shape index (κ2) is 11.5. The van der Waals surface area contributed by atoms with Gasteiger partial charge in [-0.1, -0.05) is 35.9 Å².